The Balaban J connectivity index is 1.33. The summed E-state index contributed by atoms with van der Waals surface area (Å²) in [6, 6.07) is 3.13. The summed E-state index contributed by atoms with van der Waals surface area (Å²) in [5.41, 5.74) is 1.81. The predicted octanol–water partition coefficient (Wildman–Crippen LogP) is 2.65. The topological polar surface area (TPSA) is 102 Å². The van der Waals surface area contributed by atoms with Crippen LogP contribution in [0.4, 0.5) is 23.4 Å². The zero-order chi connectivity index (χ0) is 30.2. The number of aliphatic hydroxyl groups excluding tert-OH is 1. The number of benzene rings is 1. The molecule has 2 saturated heterocycles. The molecule has 1 aromatic carbocycles. The maximum Gasteiger partial charge on any atom is 0.573 e. The molecule has 1 aliphatic carbocycles. The highest BCUT2D eigenvalue weighted by Crippen LogP contribution is 2.43. The quantitative estimate of drug-likeness (QED) is 0.510. The van der Waals surface area contributed by atoms with E-state index in [9.17, 15) is 32.3 Å². The van der Waals surface area contributed by atoms with Gasteiger partial charge in [0.25, 0.3) is 0 Å². The van der Waals surface area contributed by atoms with Gasteiger partial charge in [0.15, 0.2) is 11.6 Å². The first kappa shape index (κ1) is 30.0. The van der Waals surface area contributed by atoms with Gasteiger partial charge in [-0.2, -0.15) is 0 Å². The van der Waals surface area contributed by atoms with Gasteiger partial charge in [-0.25, -0.2) is 14.4 Å². The van der Waals surface area contributed by atoms with Crippen LogP contribution in [0, 0.1) is 5.82 Å². The minimum Gasteiger partial charge on any atom is -0.403 e. The summed E-state index contributed by atoms with van der Waals surface area (Å²) in [5, 5.41) is 10.4. The van der Waals surface area contributed by atoms with Crippen LogP contribution in [0.1, 0.15) is 55.0 Å². The number of carbonyl (C=O) groups excluding carboxylic acids is 2. The summed E-state index contributed by atoms with van der Waals surface area (Å²) in [7, 11) is 0. The zero-order valence-corrected chi connectivity index (χ0v) is 23.5. The van der Waals surface area contributed by atoms with Gasteiger partial charge in [-0.3, -0.25) is 14.5 Å². The first-order valence-electron chi connectivity index (χ1n) is 14.0. The van der Waals surface area contributed by atoms with Gasteiger partial charge in [-0.1, -0.05) is 13.0 Å². The Kier molecular flexibility index (Phi) is 8.56. The zero-order valence-electron chi connectivity index (χ0n) is 23.5. The second kappa shape index (κ2) is 12.0. The molecular formula is C28H34F4N6O4. The number of halogens is 4. The Morgan fingerprint density at radius 1 is 1.05 bits per heavy atom. The molecule has 14 heteroatoms. The van der Waals surface area contributed by atoms with Crippen LogP contribution in [0.3, 0.4) is 0 Å². The average molecular weight is 595 g/mol. The normalized spacial score (nSPS) is 22.2. The summed E-state index contributed by atoms with van der Waals surface area (Å²) < 4.78 is 56.6. The average Bonchev–Trinajstić information content (AvgIpc) is 3.25. The molecule has 1 unspecified atom stereocenters. The number of amides is 2. The number of alkyl halides is 3. The largest absolute Gasteiger partial charge is 0.573 e. The van der Waals surface area contributed by atoms with Crippen molar-refractivity contribution in [1.29, 1.82) is 0 Å². The van der Waals surface area contributed by atoms with Crippen molar-refractivity contribution >= 4 is 17.6 Å². The Morgan fingerprint density at radius 2 is 1.71 bits per heavy atom. The molecule has 2 aliphatic heterocycles. The Morgan fingerprint density at radius 3 is 2.33 bits per heavy atom. The number of piperazine rings is 2. The Labute approximate surface area is 240 Å². The van der Waals surface area contributed by atoms with Crippen LogP contribution in [0.5, 0.6) is 5.75 Å². The number of nitrogens with zero attached hydrogens (tertiary/aromatic N) is 6. The first-order chi connectivity index (χ1) is 19.9. The number of hydrogen-bond donors (Lipinski definition) is 1. The number of rotatable bonds is 6. The summed E-state index contributed by atoms with van der Waals surface area (Å²) in [6.45, 7) is 7.41. The second-order valence-electron chi connectivity index (χ2n) is 11.1. The molecule has 0 radical (unpaired) electrons. The predicted molar refractivity (Wildman–Crippen MR) is 143 cm³/mol. The minimum atomic E-state index is -5.05. The molecule has 2 amide bonds. The molecule has 2 fully saturated rings. The van der Waals surface area contributed by atoms with E-state index in [2.05, 4.69) is 19.6 Å². The van der Waals surface area contributed by atoms with Crippen molar-refractivity contribution in [3.63, 3.8) is 0 Å². The van der Waals surface area contributed by atoms with Crippen LogP contribution >= 0.6 is 0 Å². The van der Waals surface area contributed by atoms with E-state index in [-0.39, 0.29) is 29.8 Å². The monoisotopic (exact) mass is 594 g/mol. The standard InChI is InChI=1S/C28H34F4N6O4/c1-17-13-22(40)25-24(17)26(34-16-33-25)37-9-11-38(12-10-37)27(41)20(15-35-5-7-36(8-6-35)18(2)39)19-3-4-23(21(29)14-19)42-28(30,31)32/h3-4,14,16-17,20,22,40H,5-13,15H2,1-2H3/t17?,20-,22+/m0/s1. The molecule has 5 rings (SSSR count). The van der Waals surface area contributed by atoms with E-state index in [1.54, 1.807) is 9.80 Å². The number of ether oxygens (including phenoxy) is 1. The van der Waals surface area contributed by atoms with Crippen LogP contribution < -0.4 is 9.64 Å². The summed E-state index contributed by atoms with van der Waals surface area (Å²) in [5.74, 6) is -2.46. The highest BCUT2D eigenvalue weighted by molar-refractivity contribution is 5.84. The van der Waals surface area contributed by atoms with Crippen molar-refractivity contribution in [2.24, 2.45) is 0 Å². The van der Waals surface area contributed by atoms with Gasteiger partial charge in [-0.05, 0) is 30.0 Å². The maximum absolute atomic E-state index is 14.7. The molecule has 42 heavy (non-hydrogen) atoms. The molecule has 0 saturated carbocycles. The number of hydrogen-bond acceptors (Lipinski definition) is 8. The van der Waals surface area contributed by atoms with Gasteiger partial charge < -0.3 is 24.5 Å². The summed E-state index contributed by atoms with van der Waals surface area (Å²) in [6.07, 6.45) is -3.67. The van der Waals surface area contributed by atoms with Crippen molar-refractivity contribution in [1.82, 2.24) is 24.7 Å². The van der Waals surface area contributed by atoms with Gasteiger partial charge in [0.2, 0.25) is 11.8 Å². The van der Waals surface area contributed by atoms with Gasteiger partial charge in [0, 0.05) is 71.4 Å². The highest BCUT2D eigenvalue weighted by atomic mass is 19.4. The Bertz CT molecular complexity index is 1310. The molecule has 228 valence electrons. The minimum absolute atomic E-state index is 0.0410. The fourth-order valence-electron chi connectivity index (χ4n) is 6.08. The van der Waals surface area contributed by atoms with E-state index in [1.165, 1.54) is 19.3 Å². The van der Waals surface area contributed by atoms with E-state index in [4.69, 9.17) is 0 Å². The molecule has 0 bridgehead atoms. The van der Waals surface area contributed by atoms with Gasteiger partial charge in [0.05, 0.1) is 17.7 Å². The molecule has 3 aliphatic rings. The van der Waals surface area contributed by atoms with E-state index in [0.29, 0.717) is 64.5 Å². The molecular weight excluding hydrogens is 560 g/mol. The fourth-order valence-corrected chi connectivity index (χ4v) is 6.08. The molecule has 3 heterocycles. The number of carbonyl (C=O) groups is 2. The molecule has 1 aromatic heterocycles. The third-order valence-electron chi connectivity index (χ3n) is 8.31. The summed E-state index contributed by atoms with van der Waals surface area (Å²) in [4.78, 5) is 41.9. The lowest BCUT2D eigenvalue weighted by Crippen LogP contribution is -2.53. The van der Waals surface area contributed by atoms with Crippen LogP contribution in [0.25, 0.3) is 0 Å². The van der Waals surface area contributed by atoms with Crippen LogP contribution in [-0.4, -0.2) is 107 Å². The fraction of sp³-hybridized carbons (Fsp3) is 0.571. The number of anilines is 1. The molecule has 1 N–H and O–H groups in total. The lowest BCUT2D eigenvalue weighted by Gasteiger charge is -2.40. The van der Waals surface area contributed by atoms with E-state index in [1.807, 2.05) is 11.8 Å². The molecule has 3 atom stereocenters. The third-order valence-corrected chi connectivity index (χ3v) is 8.31. The van der Waals surface area contributed by atoms with Crippen molar-refractivity contribution in [3.8, 4) is 5.75 Å². The van der Waals surface area contributed by atoms with Crippen molar-refractivity contribution in [2.45, 2.75) is 44.6 Å². The third kappa shape index (κ3) is 6.43. The van der Waals surface area contributed by atoms with Gasteiger partial charge >= 0.3 is 6.36 Å². The maximum atomic E-state index is 14.7. The van der Waals surface area contributed by atoms with Crippen LogP contribution in [0.15, 0.2) is 24.5 Å². The highest BCUT2D eigenvalue weighted by Gasteiger charge is 2.37. The van der Waals surface area contributed by atoms with Crippen LogP contribution in [0.2, 0.25) is 0 Å². The molecule has 2 aromatic rings. The SMILES string of the molecule is CC(=O)N1CCN(C[C@H](C(=O)N2CCN(c3ncnc4c3C(C)C[C@H]4O)CC2)c2ccc(OC(F)(F)F)c(F)c2)CC1. The Hall–Kier alpha value is -3.52. The van der Waals surface area contributed by atoms with Gasteiger partial charge in [0.1, 0.15) is 12.1 Å². The van der Waals surface area contributed by atoms with E-state index in [0.717, 1.165) is 23.5 Å². The van der Waals surface area contributed by atoms with Gasteiger partial charge in [-0.15, -0.1) is 13.2 Å². The van der Waals surface area contributed by atoms with E-state index < -0.39 is 30.0 Å². The summed E-state index contributed by atoms with van der Waals surface area (Å²) >= 11 is 0. The number of aliphatic hydroxyl groups is 1. The second-order valence-corrected chi connectivity index (χ2v) is 11.1. The van der Waals surface area contributed by atoms with E-state index >= 15 is 0 Å². The number of fused-ring (bicyclic) bond motifs is 1. The molecule has 0 spiro atoms. The smallest absolute Gasteiger partial charge is 0.403 e. The van der Waals surface area contributed by atoms with Crippen LogP contribution in [-0.2, 0) is 9.59 Å². The van der Waals surface area contributed by atoms with Crippen molar-refractivity contribution < 1.29 is 37.0 Å². The van der Waals surface area contributed by atoms with Crippen molar-refractivity contribution in [3.05, 3.63) is 47.2 Å². The lowest BCUT2D eigenvalue weighted by molar-refractivity contribution is -0.275. The van der Waals surface area contributed by atoms with Crippen molar-refractivity contribution in [2.75, 3.05) is 63.8 Å². The molecule has 10 nitrogen and oxygen atoms in total. The lowest BCUT2D eigenvalue weighted by atomic mass is 9.95. The first-order valence-corrected chi connectivity index (χ1v) is 14.0. The number of aromatic nitrogens is 2.